The molecule has 0 heterocycles. The lowest BCUT2D eigenvalue weighted by Crippen LogP contribution is -2.21. The smallest absolute Gasteiger partial charge is 0.0462 e. The molecule has 0 saturated heterocycles. The second-order valence-electron chi connectivity index (χ2n) is 14.4. The van der Waals surface area contributed by atoms with Gasteiger partial charge in [0.25, 0.3) is 0 Å². The first-order valence-electron chi connectivity index (χ1n) is 21.1. The Morgan fingerprint density at radius 3 is 0.552 bits per heavy atom. The van der Waals surface area contributed by atoms with Gasteiger partial charge in [-0.2, -0.15) is 0 Å². The fourth-order valence-corrected chi connectivity index (χ4v) is 7.38. The summed E-state index contributed by atoms with van der Waals surface area (Å²) in [6.07, 6.45) is 13.1. The zero-order chi connectivity index (χ0) is 40.7. The summed E-state index contributed by atoms with van der Waals surface area (Å²) in [5, 5.41) is 0. The molecule has 6 rings (SSSR count). The number of nitrogens with zero attached hydrogens (tertiary/aromatic N) is 4. The fourth-order valence-electron chi connectivity index (χ4n) is 7.38. The second-order valence-corrected chi connectivity index (χ2v) is 14.4. The highest BCUT2D eigenvalue weighted by molar-refractivity contribution is 5.81. The molecule has 4 nitrogen and oxygen atoms in total. The molecule has 6 aromatic rings. The molecule has 0 N–H and O–H groups in total. The minimum atomic E-state index is 1.01. The summed E-state index contributed by atoms with van der Waals surface area (Å²) in [7, 11) is 0. The third kappa shape index (κ3) is 10.8. The molecule has 0 atom stereocenters. The molecule has 296 valence electrons. The van der Waals surface area contributed by atoms with Crippen LogP contribution in [0.5, 0.6) is 0 Å². The van der Waals surface area contributed by atoms with Crippen LogP contribution in [-0.2, 0) is 0 Å². The van der Waals surface area contributed by atoms with E-state index in [2.05, 4.69) is 243 Å². The maximum absolute atomic E-state index is 2.37. The number of anilines is 6. The van der Waals surface area contributed by atoms with Crippen LogP contribution in [0.25, 0.3) is 36.5 Å². The van der Waals surface area contributed by atoms with Gasteiger partial charge >= 0.3 is 0 Å². The molecule has 0 spiro atoms. The van der Waals surface area contributed by atoms with Gasteiger partial charge in [0.1, 0.15) is 0 Å². The molecule has 0 aliphatic carbocycles. The Balaban J connectivity index is 1.22. The lowest BCUT2D eigenvalue weighted by atomic mass is 10.1. The highest BCUT2D eigenvalue weighted by atomic mass is 15.1. The van der Waals surface area contributed by atoms with E-state index in [-0.39, 0.29) is 0 Å². The van der Waals surface area contributed by atoms with E-state index in [1.165, 1.54) is 33.8 Å². The molecule has 0 fully saturated rings. The van der Waals surface area contributed by atoms with Crippen LogP contribution in [0.4, 0.5) is 34.1 Å². The molecule has 0 aliphatic rings. The molecule has 0 bridgehead atoms. The third-order valence-corrected chi connectivity index (χ3v) is 10.9. The Hall–Kier alpha value is -6.26. The van der Waals surface area contributed by atoms with Gasteiger partial charge in [0.15, 0.2) is 0 Å². The average molecular weight is 765 g/mol. The number of rotatable bonds is 18. The van der Waals surface area contributed by atoms with Crippen molar-refractivity contribution in [3.63, 3.8) is 0 Å². The van der Waals surface area contributed by atoms with Crippen molar-refractivity contribution in [2.75, 3.05) is 58.9 Å². The van der Waals surface area contributed by atoms with Gasteiger partial charge in [-0.05, 0) is 148 Å². The average Bonchev–Trinajstić information content (AvgIpc) is 3.28. The monoisotopic (exact) mass is 764 g/mol. The Labute approximate surface area is 348 Å². The minimum absolute atomic E-state index is 1.01. The molecule has 0 aliphatic heterocycles. The van der Waals surface area contributed by atoms with E-state index in [9.17, 15) is 0 Å². The lowest BCUT2D eigenvalue weighted by Gasteiger charge is -2.26. The summed E-state index contributed by atoms with van der Waals surface area (Å²) in [4.78, 5) is 9.44. The van der Waals surface area contributed by atoms with E-state index in [0.29, 0.717) is 0 Å². The molecular formula is C54H60N4. The maximum atomic E-state index is 2.37. The molecule has 6 aromatic carbocycles. The van der Waals surface area contributed by atoms with Gasteiger partial charge in [-0.25, -0.2) is 0 Å². The number of hydrogen-bond donors (Lipinski definition) is 0. The van der Waals surface area contributed by atoms with E-state index in [0.717, 1.165) is 73.0 Å². The van der Waals surface area contributed by atoms with E-state index >= 15 is 0 Å². The van der Waals surface area contributed by atoms with Crippen molar-refractivity contribution in [3.05, 3.63) is 179 Å². The van der Waals surface area contributed by atoms with Crippen LogP contribution in [0.2, 0.25) is 0 Å². The Kier molecular flexibility index (Phi) is 14.8. The Bertz CT molecular complexity index is 1940. The summed E-state index contributed by atoms with van der Waals surface area (Å²) < 4.78 is 0. The van der Waals surface area contributed by atoms with Gasteiger partial charge in [0.05, 0.1) is 0 Å². The van der Waals surface area contributed by atoms with Crippen LogP contribution >= 0.6 is 0 Å². The van der Waals surface area contributed by atoms with Crippen LogP contribution in [0.15, 0.2) is 146 Å². The molecule has 0 unspecified atom stereocenters. The standard InChI is InChI=1S/C54H60N4/c1-7-55(8-2)49-31-19-43(20-32-49)13-16-46-25-37-52(38-26-46)58(53-39-27-47(28-40-53)17-14-44-21-33-50(34-22-44)56(9-3)10-4)54-41-29-48(30-42-54)18-15-45-23-35-51(36-24-45)57(11-5)12-6/h13-42H,7-12H2,1-6H3. The van der Waals surface area contributed by atoms with Crippen LogP contribution in [0, 0.1) is 0 Å². The fraction of sp³-hybridized carbons (Fsp3) is 0.222. The Morgan fingerprint density at radius 1 is 0.241 bits per heavy atom. The quantitative estimate of drug-likeness (QED) is 0.0808. The van der Waals surface area contributed by atoms with Crippen molar-refractivity contribution in [2.24, 2.45) is 0 Å². The van der Waals surface area contributed by atoms with Crippen LogP contribution in [-0.4, -0.2) is 39.3 Å². The Morgan fingerprint density at radius 2 is 0.397 bits per heavy atom. The summed E-state index contributed by atoms with van der Waals surface area (Å²) in [5.74, 6) is 0. The highest BCUT2D eigenvalue weighted by Crippen LogP contribution is 2.35. The molecular weight excluding hydrogens is 705 g/mol. The highest BCUT2D eigenvalue weighted by Gasteiger charge is 2.13. The molecule has 0 saturated carbocycles. The molecule has 0 aromatic heterocycles. The van der Waals surface area contributed by atoms with Crippen molar-refractivity contribution in [2.45, 2.75) is 41.5 Å². The predicted molar refractivity (Wildman–Crippen MR) is 258 cm³/mol. The van der Waals surface area contributed by atoms with Crippen molar-refractivity contribution in [3.8, 4) is 0 Å². The number of hydrogen-bond acceptors (Lipinski definition) is 4. The predicted octanol–water partition coefficient (Wildman–Crippen LogP) is 14.2. The van der Waals surface area contributed by atoms with Crippen LogP contribution in [0.1, 0.15) is 74.9 Å². The summed E-state index contributed by atoms with van der Waals surface area (Å²) in [6.45, 7) is 19.3. The summed E-state index contributed by atoms with van der Waals surface area (Å²) in [5.41, 5.74) is 14.2. The first kappa shape index (κ1) is 41.4. The van der Waals surface area contributed by atoms with Crippen LogP contribution < -0.4 is 19.6 Å². The maximum Gasteiger partial charge on any atom is 0.0462 e. The van der Waals surface area contributed by atoms with E-state index in [4.69, 9.17) is 0 Å². The SMILES string of the molecule is CCN(CC)c1ccc(C=Cc2ccc(N(c3ccc(C=Cc4ccc(N(CC)CC)cc4)cc3)c3ccc(C=Cc4ccc(N(CC)CC)cc4)cc3)cc2)cc1. The van der Waals surface area contributed by atoms with Gasteiger partial charge in [-0.1, -0.05) is 109 Å². The van der Waals surface area contributed by atoms with E-state index < -0.39 is 0 Å². The van der Waals surface area contributed by atoms with Crippen LogP contribution in [0.3, 0.4) is 0 Å². The van der Waals surface area contributed by atoms with E-state index in [1.807, 2.05) is 0 Å². The zero-order valence-electron chi connectivity index (χ0n) is 35.4. The van der Waals surface area contributed by atoms with Gasteiger partial charge in [-0.3, -0.25) is 0 Å². The molecule has 0 amide bonds. The van der Waals surface area contributed by atoms with Crippen molar-refractivity contribution in [1.82, 2.24) is 0 Å². The lowest BCUT2D eigenvalue weighted by molar-refractivity contribution is 0.866. The largest absolute Gasteiger partial charge is 0.372 e. The normalized spacial score (nSPS) is 11.5. The van der Waals surface area contributed by atoms with Crippen molar-refractivity contribution >= 4 is 70.6 Å². The molecule has 0 radical (unpaired) electrons. The first-order chi connectivity index (χ1) is 28.4. The second kappa shape index (κ2) is 20.8. The van der Waals surface area contributed by atoms with E-state index in [1.54, 1.807) is 0 Å². The minimum Gasteiger partial charge on any atom is -0.372 e. The third-order valence-electron chi connectivity index (χ3n) is 10.9. The first-order valence-corrected chi connectivity index (χ1v) is 21.1. The summed E-state index contributed by atoms with van der Waals surface area (Å²) >= 11 is 0. The van der Waals surface area contributed by atoms with Gasteiger partial charge < -0.3 is 19.6 Å². The van der Waals surface area contributed by atoms with Gasteiger partial charge in [0.2, 0.25) is 0 Å². The molecule has 58 heavy (non-hydrogen) atoms. The zero-order valence-corrected chi connectivity index (χ0v) is 35.4. The summed E-state index contributed by atoms with van der Waals surface area (Å²) in [6, 6.07) is 53.0. The van der Waals surface area contributed by atoms with Gasteiger partial charge in [0, 0.05) is 73.4 Å². The topological polar surface area (TPSA) is 13.0 Å². The molecule has 4 heteroatoms. The van der Waals surface area contributed by atoms with Crippen molar-refractivity contribution < 1.29 is 0 Å². The van der Waals surface area contributed by atoms with Gasteiger partial charge in [-0.15, -0.1) is 0 Å². The van der Waals surface area contributed by atoms with Crippen molar-refractivity contribution in [1.29, 1.82) is 0 Å². The number of benzene rings is 6.